The zero-order valence-corrected chi connectivity index (χ0v) is 17.5. The Balaban J connectivity index is 1.43. The molecule has 2 nitrogen and oxygen atoms in total. The second-order valence-corrected chi connectivity index (χ2v) is 8.05. The van der Waals surface area contributed by atoms with E-state index in [-0.39, 0.29) is 0 Å². The first-order valence-corrected chi connectivity index (χ1v) is 10.7. The summed E-state index contributed by atoms with van der Waals surface area (Å²) in [6, 6.07) is 39.8. The van der Waals surface area contributed by atoms with Gasteiger partial charge in [-0.3, -0.25) is 0 Å². The van der Waals surface area contributed by atoms with E-state index in [1.54, 1.807) is 0 Å². The van der Waals surface area contributed by atoms with Crippen LogP contribution in [0.5, 0.6) is 11.5 Å². The van der Waals surface area contributed by atoms with Crippen molar-refractivity contribution in [2.75, 3.05) is 5.73 Å². The van der Waals surface area contributed by atoms with Crippen molar-refractivity contribution < 1.29 is 4.74 Å². The first-order chi connectivity index (χ1) is 15.8. The molecule has 0 bridgehead atoms. The van der Waals surface area contributed by atoms with Crippen molar-refractivity contribution >= 4 is 38.0 Å². The van der Waals surface area contributed by atoms with Crippen LogP contribution in [-0.2, 0) is 0 Å². The van der Waals surface area contributed by atoms with Gasteiger partial charge in [0.2, 0.25) is 0 Å². The van der Waals surface area contributed by atoms with E-state index in [1.807, 2.05) is 36.4 Å². The molecular weight excluding hydrogens is 390 g/mol. The smallest absolute Gasteiger partial charge is 0.129 e. The monoisotopic (exact) mass is 411 g/mol. The second-order valence-electron chi connectivity index (χ2n) is 8.05. The molecule has 0 aliphatic carbocycles. The number of nitrogen functional groups attached to an aromatic ring is 1. The first-order valence-electron chi connectivity index (χ1n) is 10.7. The minimum atomic E-state index is 0.690. The lowest BCUT2D eigenvalue weighted by Gasteiger charge is -2.12. The average Bonchev–Trinajstić information content (AvgIpc) is 2.84. The van der Waals surface area contributed by atoms with Gasteiger partial charge < -0.3 is 10.5 Å². The van der Waals surface area contributed by atoms with Crippen LogP contribution in [0.25, 0.3) is 43.4 Å². The van der Waals surface area contributed by atoms with Crippen LogP contribution in [-0.4, -0.2) is 0 Å². The van der Waals surface area contributed by atoms with E-state index in [1.165, 1.54) is 37.9 Å². The van der Waals surface area contributed by atoms with Crippen LogP contribution in [0.1, 0.15) is 0 Å². The lowest BCUT2D eigenvalue weighted by molar-refractivity contribution is 0.483. The number of ether oxygens (including phenoxy) is 1. The maximum atomic E-state index is 5.96. The number of rotatable bonds is 3. The Morgan fingerprint density at radius 2 is 1.16 bits per heavy atom. The minimum absolute atomic E-state index is 0.690. The molecular formula is C30H21NO. The highest BCUT2D eigenvalue weighted by molar-refractivity contribution is 6.19. The summed E-state index contributed by atoms with van der Waals surface area (Å²) in [7, 11) is 0. The molecule has 152 valence electrons. The van der Waals surface area contributed by atoms with Gasteiger partial charge in [-0.05, 0) is 67.7 Å². The van der Waals surface area contributed by atoms with Crippen LogP contribution in [0, 0.1) is 0 Å². The molecule has 0 amide bonds. The molecule has 0 saturated carbocycles. The minimum Gasteiger partial charge on any atom is -0.457 e. The molecule has 0 aliphatic rings. The molecule has 0 fully saturated rings. The standard InChI is InChI=1S/C30H21NO/c31-22-6-3-7-24(19-22)32-23-14-11-21(12-15-23)26-9-4-10-27-28(26)17-18-29-25-8-2-1-5-20(25)13-16-30(27)29/h1-19H,31H2. The topological polar surface area (TPSA) is 35.2 Å². The van der Waals surface area contributed by atoms with Crippen molar-refractivity contribution in [3.63, 3.8) is 0 Å². The Morgan fingerprint density at radius 3 is 2.03 bits per heavy atom. The molecule has 0 aromatic heterocycles. The van der Waals surface area contributed by atoms with Crippen molar-refractivity contribution in [2.45, 2.75) is 0 Å². The summed E-state index contributed by atoms with van der Waals surface area (Å²) in [5.74, 6) is 1.53. The SMILES string of the molecule is Nc1cccc(Oc2ccc(-c3cccc4c3ccc3c5ccccc5ccc43)cc2)c1. The Kier molecular flexibility index (Phi) is 4.29. The number of fused-ring (bicyclic) bond motifs is 5. The highest BCUT2D eigenvalue weighted by Gasteiger charge is 2.09. The van der Waals surface area contributed by atoms with Gasteiger partial charge in [0.1, 0.15) is 11.5 Å². The molecule has 2 heteroatoms. The number of benzene rings is 6. The molecule has 32 heavy (non-hydrogen) atoms. The van der Waals surface area contributed by atoms with Crippen molar-refractivity contribution in [1.82, 2.24) is 0 Å². The van der Waals surface area contributed by atoms with E-state index >= 15 is 0 Å². The van der Waals surface area contributed by atoms with Gasteiger partial charge in [0.15, 0.2) is 0 Å². The van der Waals surface area contributed by atoms with Gasteiger partial charge in [0.25, 0.3) is 0 Å². The van der Waals surface area contributed by atoms with Crippen LogP contribution in [0.2, 0.25) is 0 Å². The molecule has 0 spiro atoms. The van der Waals surface area contributed by atoms with Crippen molar-refractivity contribution in [2.24, 2.45) is 0 Å². The molecule has 0 unspecified atom stereocenters. The van der Waals surface area contributed by atoms with Crippen LogP contribution < -0.4 is 10.5 Å². The number of anilines is 1. The van der Waals surface area contributed by atoms with Gasteiger partial charge >= 0.3 is 0 Å². The Labute approximate surface area is 186 Å². The molecule has 6 aromatic rings. The van der Waals surface area contributed by atoms with Crippen molar-refractivity contribution in [1.29, 1.82) is 0 Å². The molecule has 0 saturated heterocycles. The fraction of sp³-hybridized carbons (Fsp3) is 0. The van der Waals surface area contributed by atoms with Crippen molar-refractivity contribution in [3.05, 3.63) is 115 Å². The van der Waals surface area contributed by atoms with E-state index in [0.29, 0.717) is 5.69 Å². The summed E-state index contributed by atoms with van der Waals surface area (Å²) in [5.41, 5.74) is 8.92. The maximum absolute atomic E-state index is 5.96. The normalized spacial score (nSPS) is 11.2. The zero-order chi connectivity index (χ0) is 21.5. The van der Waals surface area contributed by atoms with Gasteiger partial charge in [0.05, 0.1) is 0 Å². The van der Waals surface area contributed by atoms with E-state index < -0.39 is 0 Å². The third-order valence-electron chi connectivity index (χ3n) is 6.04. The molecule has 2 N–H and O–H groups in total. The molecule has 0 radical (unpaired) electrons. The van der Waals surface area contributed by atoms with Gasteiger partial charge in [0, 0.05) is 11.8 Å². The van der Waals surface area contributed by atoms with Crippen LogP contribution in [0.3, 0.4) is 0 Å². The maximum Gasteiger partial charge on any atom is 0.129 e. The Morgan fingerprint density at radius 1 is 0.469 bits per heavy atom. The predicted octanol–water partition coefficient (Wildman–Crippen LogP) is 8.19. The summed E-state index contributed by atoms with van der Waals surface area (Å²) in [6.07, 6.45) is 0. The van der Waals surface area contributed by atoms with E-state index in [4.69, 9.17) is 10.5 Å². The molecule has 6 aromatic carbocycles. The summed E-state index contributed by atoms with van der Waals surface area (Å²) < 4.78 is 5.96. The fourth-order valence-corrected chi connectivity index (χ4v) is 4.52. The van der Waals surface area contributed by atoms with Crippen molar-refractivity contribution in [3.8, 4) is 22.6 Å². The number of nitrogens with two attached hydrogens (primary N) is 1. The van der Waals surface area contributed by atoms with Gasteiger partial charge in [-0.15, -0.1) is 0 Å². The summed E-state index contributed by atoms with van der Waals surface area (Å²) in [6.45, 7) is 0. The number of hydrogen-bond acceptors (Lipinski definition) is 2. The summed E-state index contributed by atoms with van der Waals surface area (Å²) in [5, 5.41) is 7.65. The summed E-state index contributed by atoms with van der Waals surface area (Å²) >= 11 is 0. The van der Waals surface area contributed by atoms with Gasteiger partial charge in [-0.2, -0.15) is 0 Å². The third-order valence-corrected chi connectivity index (χ3v) is 6.04. The fourth-order valence-electron chi connectivity index (χ4n) is 4.52. The van der Waals surface area contributed by atoms with E-state index in [9.17, 15) is 0 Å². The Hall–Kier alpha value is -4.30. The van der Waals surface area contributed by atoms with E-state index in [2.05, 4.69) is 78.9 Å². The lowest BCUT2D eigenvalue weighted by Crippen LogP contribution is -1.88. The molecule has 0 aliphatic heterocycles. The summed E-state index contributed by atoms with van der Waals surface area (Å²) in [4.78, 5) is 0. The van der Waals surface area contributed by atoms with Gasteiger partial charge in [-0.25, -0.2) is 0 Å². The van der Waals surface area contributed by atoms with E-state index in [0.717, 1.165) is 17.1 Å². The van der Waals surface area contributed by atoms with Crippen LogP contribution in [0.15, 0.2) is 115 Å². The third kappa shape index (κ3) is 3.14. The second kappa shape index (κ2) is 7.44. The zero-order valence-electron chi connectivity index (χ0n) is 17.5. The first kappa shape index (κ1) is 18.5. The predicted molar refractivity (Wildman–Crippen MR) is 135 cm³/mol. The van der Waals surface area contributed by atoms with Crippen LogP contribution >= 0.6 is 0 Å². The molecule has 0 atom stereocenters. The average molecular weight is 412 g/mol. The van der Waals surface area contributed by atoms with Gasteiger partial charge in [-0.1, -0.05) is 84.9 Å². The molecule has 6 rings (SSSR count). The highest BCUT2D eigenvalue weighted by Crippen LogP contribution is 2.36. The quantitative estimate of drug-likeness (QED) is 0.235. The largest absolute Gasteiger partial charge is 0.457 e. The van der Waals surface area contributed by atoms with Crippen LogP contribution in [0.4, 0.5) is 5.69 Å². The Bertz CT molecular complexity index is 1600. The lowest BCUT2D eigenvalue weighted by atomic mass is 9.93. The number of hydrogen-bond donors (Lipinski definition) is 1. The molecule has 0 heterocycles. The highest BCUT2D eigenvalue weighted by atomic mass is 16.5.